The minimum Gasteiger partial charge on any atom is -0.322 e. The molecular weight excluding hydrogens is 363 g/mol. The van der Waals surface area contributed by atoms with Gasteiger partial charge in [-0.2, -0.15) is 0 Å². The van der Waals surface area contributed by atoms with E-state index in [1.807, 2.05) is 12.2 Å². The van der Waals surface area contributed by atoms with Crippen LogP contribution < -0.4 is 5.32 Å². The van der Waals surface area contributed by atoms with Crippen molar-refractivity contribution in [2.75, 3.05) is 25.6 Å². The Kier molecular flexibility index (Phi) is 5.31. The van der Waals surface area contributed by atoms with E-state index >= 15 is 0 Å². The van der Waals surface area contributed by atoms with Crippen LogP contribution in [-0.4, -0.2) is 47.8 Å². The average molecular weight is 381 g/mol. The molecule has 2 unspecified atom stereocenters. The maximum atomic E-state index is 13.6. The Morgan fingerprint density at radius 3 is 2.30 bits per heavy atom. The number of carbonyl (C=O) groups excluding carboxylic acids is 3. The van der Waals surface area contributed by atoms with Gasteiger partial charge in [0, 0.05) is 0 Å². The van der Waals surface area contributed by atoms with Gasteiger partial charge in [-0.15, -0.1) is 0 Å². The van der Waals surface area contributed by atoms with Crippen LogP contribution in [0.3, 0.4) is 0 Å². The smallest absolute Gasteiger partial charge is 0.238 e. The van der Waals surface area contributed by atoms with Crippen molar-refractivity contribution in [2.24, 2.45) is 11.8 Å². The molecule has 2 aliphatic rings. The van der Waals surface area contributed by atoms with Crippen molar-refractivity contribution >= 4 is 23.4 Å². The Labute approximate surface area is 153 Å². The topological polar surface area (TPSA) is 69.7 Å². The second-order valence-corrected chi connectivity index (χ2v) is 6.69. The number of hydrogen-bond donors (Lipinski definition) is 1. The van der Waals surface area contributed by atoms with Crippen LogP contribution in [0.15, 0.2) is 24.3 Å². The van der Waals surface area contributed by atoms with Gasteiger partial charge in [0.2, 0.25) is 17.7 Å². The molecule has 1 heterocycles. The summed E-state index contributed by atoms with van der Waals surface area (Å²) in [6.07, 6.45) is 4.80. The largest absolute Gasteiger partial charge is 0.322 e. The van der Waals surface area contributed by atoms with Gasteiger partial charge in [-0.3, -0.25) is 24.2 Å². The second kappa shape index (κ2) is 7.51. The van der Waals surface area contributed by atoms with Gasteiger partial charge in [0.15, 0.2) is 17.5 Å². The number of anilines is 1. The Morgan fingerprint density at radius 2 is 1.70 bits per heavy atom. The van der Waals surface area contributed by atoms with Crippen LogP contribution in [0.1, 0.15) is 12.8 Å². The van der Waals surface area contributed by atoms with Gasteiger partial charge in [-0.1, -0.05) is 12.2 Å². The average Bonchev–Trinajstić information content (AvgIpc) is 2.87. The molecule has 1 aliphatic heterocycles. The van der Waals surface area contributed by atoms with Crippen LogP contribution in [0.4, 0.5) is 18.9 Å². The first-order chi connectivity index (χ1) is 12.8. The van der Waals surface area contributed by atoms with E-state index in [2.05, 4.69) is 5.32 Å². The van der Waals surface area contributed by atoms with E-state index in [1.54, 1.807) is 0 Å². The molecule has 0 spiro atoms. The molecule has 1 saturated heterocycles. The fourth-order valence-electron chi connectivity index (χ4n) is 3.36. The fraction of sp³-hybridized carbons (Fsp3) is 0.389. The third kappa shape index (κ3) is 3.73. The van der Waals surface area contributed by atoms with E-state index < -0.39 is 29.0 Å². The number of benzene rings is 1. The minimum absolute atomic E-state index is 0.0850. The van der Waals surface area contributed by atoms with Crippen molar-refractivity contribution < 1.29 is 27.6 Å². The SMILES string of the molecule is CN(CC(=O)Nc1ccc(F)c(F)c1F)CN1C(=O)C2CC=CCC2C1=O. The van der Waals surface area contributed by atoms with E-state index in [0.29, 0.717) is 18.9 Å². The number of halogens is 3. The summed E-state index contributed by atoms with van der Waals surface area (Å²) in [6, 6.07) is 1.62. The summed E-state index contributed by atoms with van der Waals surface area (Å²) < 4.78 is 39.7. The predicted octanol–water partition coefficient (Wildman–Crippen LogP) is 1.88. The van der Waals surface area contributed by atoms with Gasteiger partial charge >= 0.3 is 0 Å². The third-order valence-electron chi connectivity index (χ3n) is 4.70. The van der Waals surface area contributed by atoms with Crippen molar-refractivity contribution in [1.29, 1.82) is 0 Å². The number of nitrogens with zero attached hydrogens (tertiary/aromatic N) is 2. The molecule has 0 bridgehead atoms. The summed E-state index contributed by atoms with van der Waals surface area (Å²) in [7, 11) is 1.52. The maximum Gasteiger partial charge on any atom is 0.238 e. The summed E-state index contributed by atoms with van der Waals surface area (Å²) in [5.74, 6) is -6.48. The molecule has 0 aromatic heterocycles. The number of hydrogen-bond acceptors (Lipinski definition) is 4. The van der Waals surface area contributed by atoms with Crippen molar-refractivity contribution in [3.8, 4) is 0 Å². The number of fused-ring (bicyclic) bond motifs is 1. The first-order valence-electron chi connectivity index (χ1n) is 8.41. The summed E-state index contributed by atoms with van der Waals surface area (Å²) >= 11 is 0. The Morgan fingerprint density at radius 1 is 1.11 bits per heavy atom. The summed E-state index contributed by atoms with van der Waals surface area (Å²) in [5.41, 5.74) is -0.488. The lowest BCUT2D eigenvalue weighted by molar-refractivity contribution is -0.142. The number of rotatable bonds is 5. The molecule has 0 saturated carbocycles. The lowest BCUT2D eigenvalue weighted by atomic mass is 9.85. The Hall–Kier alpha value is -2.68. The van der Waals surface area contributed by atoms with Crippen LogP contribution in [0.2, 0.25) is 0 Å². The molecule has 2 atom stereocenters. The van der Waals surface area contributed by atoms with Crippen LogP contribution >= 0.6 is 0 Å². The Bertz CT molecular complexity index is 802. The van der Waals surface area contributed by atoms with E-state index in [4.69, 9.17) is 0 Å². The standard InChI is InChI=1S/C18H18F3N3O3/c1-23(8-14(25)22-13-7-6-12(19)15(20)16(13)21)9-24-17(26)10-4-2-3-5-11(10)18(24)27/h2-3,6-7,10-11H,4-5,8-9H2,1H3,(H,22,25). The minimum atomic E-state index is -1.68. The number of imide groups is 1. The van der Waals surface area contributed by atoms with Gasteiger partial charge in [-0.05, 0) is 32.0 Å². The number of amides is 3. The summed E-state index contributed by atoms with van der Waals surface area (Å²) in [5, 5.41) is 2.15. The number of likely N-dealkylation sites (N-methyl/N-ethyl adjacent to an activating group) is 1. The lowest BCUT2D eigenvalue weighted by Gasteiger charge is -2.22. The van der Waals surface area contributed by atoms with Crippen LogP contribution in [0.5, 0.6) is 0 Å². The number of likely N-dealkylation sites (tertiary alicyclic amines) is 1. The van der Waals surface area contributed by atoms with Gasteiger partial charge in [0.25, 0.3) is 0 Å². The fourth-order valence-corrected chi connectivity index (χ4v) is 3.36. The molecule has 3 rings (SSSR count). The molecule has 27 heavy (non-hydrogen) atoms. The zero-order chi connectivity index (χ0) is 19.7. The van der Waals surface area contributed by atoms with Gasteiger partial charge in [0.1, 0.15) is 0 Å². The highest BCUT2D eigenvalue weighted by Crippen LogP contribution is 2.34. The molecule has 1 N–H and O–H groups in total. The maximum absolute atomic E-state index is 13.6. The van der Waals surface area contributed by atoms with Gasteiger partial charge in [-0.25, -0.2) is 13.2 Å². The quantitative estimate of drug-likeness (QED) is 0.480. The Balaban J connectivity index is 1.59. The highest BCUT2D eigenvalue weighted by molar-refractivity contribution is 6.05. The molecular formula is C18H18F3N3O3. The number of allylic oxidation sites excluding steroid dienone is 2. The molecule has 3 amide bonds. The summed E-state index contributed by atoms with van der Waals surface area (Å²) in [6.45, 7) is -0.360. The van der Waals surface area contributed by atoms with Crippen LogP contribution in [0.25, 0.3) is 0 Å². The van der Waals surface area contributed by atoms with Crippen LogP contribution in [-0.2, 0) is 14.4 Å². The molecule has 144 valence electrons. The van der Waals surface area contributed by atoms with Gasteiger partial charge in [0.05, 0.1) is 30.7 Å². The van der Waals surface area contributed by atoms with E-state index in [1.165, 1.54) is 11.9 Å². The first kappa shape index (κ1) is 19.1. The van der Waals surface area contributed by atoms with Crippen molar-refractivity contribution in [1.82, 2.24) is 9.80 Å². The van der Waals surface area contributed by atoms with Crippen molar-refractivity contribution in [2.45, 2.75) is 12.8 Å². The van der Waals surface area contributed by atoms with Gasteiger partial charge < -0.3 is 5.32 Å². The van der Waals surface area contributed by atoms with E-state index in [0.717, 1.165) is 11.0 Å². The molecule has 1 aromatic carbocycles. The molecule has 1 aliphatic carbocycles. The predicted molar refractivity (Wildman–Crippen MR) is 89.6 cm³/mol. The monoisotopic (exact) mass is 381 g/mol. The number of carbonyl (C=O) groups is 3. The first-order valence-corrected chi connectivity index (χ1v) is 8.41. The van der Waals surface area contributed by atoms with Crippen molar-refractivity contribution in [3.63, 3.8) is 0 Å². The van der Waals surface area contributed by atoms with E-state index in [-0.39, 0.29) is 36.9 Å². The molecule has 0 radical (unpaired) electrons. The normalized spacial score (nSPS) is 21.7. The van der Waals surface area contributed by atoms with Crippen molar-refractivity contribution in [3.05, 3.63) is 41.7 Å². The zero-order valence-electron chi connectivity index (χ0n) is 14.5. The zero-order valence-corrected chi connectivity index (χ0v) is 14.5. The molecule has 1 fully saturated rings. The molecule has 9 heteroatoms. The highest BCUT2D eigenvalue weighted by Gasteiger charge is 2.47. The molecule has 1 aromatic rings. The lowest BCUT2D eigenvalue weighted by Crippen LogP contribution is -2.43. The molecule has 6 nitrogen and oxygen atoms in total. The highest BCUT2D eigenvalue weighted by atomic mass is 19.2. The number of nitrogens with one attached hydrogen (secondary N) is 1. The summed E-state index contributed by atoms with van der Waals surface area (Å²) in [4.78, 5) is 39.3. The van der Waals surface area contributed by atoms with E-state index in [9.17, 15) is 27.6 Å². The third-order valence-corrected chi connectivity index (χ3v) is 4.70. The second-order valence-electron chi connectivity index (χ2n) is 6.69. The van der Waals surface area contributed by atoms with Crippen LogP contribution in [0, 0.1) is 29.3 Å².